The molecule has 3 atom stereocenters. The zero-order chi connectivity index (χ0) is 11.2. The van der Waals surface area contributed by atoms with Gasteiger partial charge in [0.25, 0.3) is 0 Å². The predicted molar refractivity (Wildman–Crippen MR) is 61.9 cm³/mol. The van der Waals surface area contributed by atoms with Gasteiger partial charge in [0, 0.05) is 10.4 Å². The molecule has 0 saturated heterocycles. The van der Waals surface area contributed by atoms with Crippen molar-refractivity contribution in [3.05, 3.63) is 33.8 Å². The maximum Gasteiger partial charge on any atom is 0.307 e. The summed E-state index contributed by atoms with van der Waals surface area (Å²) in [6.45, 7) is 4.04. The summed E-state index contributed by atoms with van der Waals surface area (Å²) >= 11 is 3.42. The van der Waals surface area contributed by atoms with Crippen molar-refractivity contribution in [3.63, 3.8) is 0 Å². The van der Waals surface area contributed by atoms with Crippen molar-refractivity contribution >= 4 is 21.9 Å². The van der Waals surface area contributed by atoms with E-state index in [4.69, 9.17) is 5.11 Å². The van der Waals surface area contributed by atoms with Gasteiger partial charge in [0.2, 0.25) is 0 Å². The molecule has 1 aromatic rings. The maximum atomic E-state index is 10.9. The summed E-state index contributed by atoms with van der Waals surface area (Å²) in [7, 11) is 0. The molecule has 1 saturated carbocycles. The lowest BCUT2D eigenvalue weighted by Crippen LogP contribution is -2.00. The number of hydrogen-bond acceptors (Lipinski definition) is 1. The summed E-state index contributed by atoms with van der Waals surface area (Å²) < 4.78 is 1.02. The van der Waals surface area contributed by atoms with Gasteiger partial charge in [-0.2, -0.15) is 0 Å². The van der Waals surface area contributed by atoms with E-state index in [1.54, 1.807) is 0 Å². The van der Waals surface area contributed by atoms with E-state index in [0.29, 0.717) is 0 Å². The molecule has 3 heteroatoms. The average molecular weight is 269 g/mol. The van der Waals surface area contributed by atoms with E-state index in [1.807, 2.05) is 32.0 Å². The molecule has 1 aromatic carbocycles. The van der Waals surface area contributed by atoms with Gasteiger partial charge in [0.05, 0.1) is 5.92 Å². The van der Waals surface area contributed by atoms with Crippen LogP contribution in [0.25, 0.3) is 0 Å². The minimum absolute atomic E-state index is 0.194. The summed E-state index contributed by atoms with van der Waals surface area (Å²) in [6.07, 6.45) is 0. The fourth-order valence-electron chi connectivity index (χ4n) is 2.29. The molecule has 2 rings (SSSR count). The van der Waals surface area contributed by atoms with Crippen LogP contribution in [0.1, 0.15) is 24.0 Å². The third-order valence-corrected chi connectivity index (χ3v) is 3.76. The molecule has 15 heavy (non-hydrogen) atoms. The molecule has 1 N–H and O–H groups in total. The molecule has 0 bridgehead atoms. The average Bonchev–Trinajstić information content (AvgIpc) is 2.82. The lowest BCUT2D eigenvalue weighted by Gasteiger charge is -2.05. The molecule has 0 spiro atoms. The molecule has 2 nitrogen and oxygen atoms in total. The van der Waals surface area contributed by atoms with Gasteiger partial charge >= 0.3 is 5.97 Å². The molecular weight excluding hydrogens is 256 g/mol. The van der Waals surface area contributed by atoms with Crippen LogP contribution in [0, 0.1) is 18.8 Å². The first-order valence-electron chi connectivity index (χ1n) is 5.01. The number of benzene rings is 1. The standard InChI is InChI=1S/C12H13BrO2/c1-6-3-4-8(13)5-9(6)10-7(2)11(10)12(14)15/h3-5,7,10-11H,1-2H3,(H,14,15). The van der Waals surface area contributed by atoms with Gasteiger partial charge in [-0.05, 0) is 36.1 Å². The first-order valence-corrected chi connectivity index (χ1v) is 5.80. The van der Waals surface area contributed by atoms with Gasteiger partial charge in [-0.3, -0.25) is 4.79 Å². The minimum atomic E-state index is -0.674. The number of carboxylic acids is 1. The fraction of sp³-hybridized carbons (Fsp3) is 0.417. The predicted octanol–water partition coefficient (Wildman–Crippen LogP) is 3.19. The Kier molecular flexibility index (Phi) is 2.59. The van der Waals surface area contributed by atoms with Crippen LogP contribution >= 0.6 is 15.9 Å². The smallest absolute Gasteiger partial charge is 0.307 e. The van der Waals surface area contributed by atoms with Crippen LogP contribution in [0.15, 0.2) is 22.7 Å². The van der Waals surface area contributed by atoms with E-state index in [0.717, 1.165) is 4.47 Å². The topological polar surface area (TPSA) is 37.3 Å². The highest BCUT2D eigenvalue weighted by atomic mass is 79.9. The van der Waals surface area contributed by atoms with E-state index >= 15 is 0 Å². The molecule has 0 radical (unpaired) electrons. The Labute approximate surface area is 97.4 Å². The van der Waals surface area contributed by atoms with Crippen LogP contribution in [0.3, 0.4) is 0 Å². The van der Waals surface area contributed by atoms with Crippen molar-refractivity contribution in [1.82, 2.24) is 0 Å². The lowest BCUT2D eigenvalue weighted by atomic mass is 10.0. The Hall–Kier alpha value is -0.830. The van der Waals surface area contributed by atoms with Crippen molar-refractivity contribution in [2.24, 2.45) is 11.8 Å². The van der Waals surface area contributed by atoms with Gasteiger partial charge < -0.3 is 5.11 Å². The second-order valence-electron chi connectivity index (χ2n) is 4.25. The quantitative estimate of drug-likeness (QED) is 0.895. The van der Waals surface area contributed by atoms with Crippen LogP contribution < -0.4 is 0 Å². The van der Waals surface area contributed by atoms with Crippen molar-refractivity contribution in [3.8, 4) is 0 Å². The minimum Gasteiger partial charge on any atom is -0.481 e. The third-order valence-electron chi connectivity index (χ3n) is 3.26. The highest BCUT2D eigenvalue weighted by Gasteiger charge is 2.53. The van der Waals surface area contributed by atoms with Crippen LogP contribution in [-0.4, -0.2) is 11.1 Å². The maximum absolute atomic E-state index is 10.9. The molecule has 80 valence electrons. The zero-order valence-electron chi connectivity index (χ0n) is 8.70. The molecular formula is C12H13BrO2. The molecule has 3 unspecified atom stereocenters. The van der Waals surface area contributed by atoms with Crippen LogP contribution in [-0.2, 0) is 4.79 Å². The number of aliphatic carboxylic acids is 1. The van der Waals surface area contributed by atoms with E-state index in [-0.39, 0.29) is 17.8 Å². The Morgan fingerprint density at radius 1 is 1.47 bits per heavy atom. The lowest BCUT2D eigenvalue weighted by molar-refractivity contribution is -0.138. The summed E-state index contributed by atoms with van der Waals surface area (Å²) in [5, 5.41) is 9.00. The van der Waals surface area contributed by atoms with Crippen molar-refractivity contribution in [2.45, 2.75) is 19.8 Å². The Morgan fingerprint density at radius 3 is 2.67 bits per heavy atom. The number of halogens is 1. The number of carbonyl (C=O) groups is 1. The highest BCUT2D eigenvalue weighted by molar-refractivity contribution is 9.10. The van der Waals surface area contributed by atoms with Gasteiger partial charge in [0.15, 0.2) is 0 Å². The Balaban J connectivity index is 2.32. The van der Waals surface area contributed by atoms with Crippen molar-refractivity contribution in [1.29, 1.82) is 0 Å². The first-order chi connectivity index (χ1) is 7.02. The molecule has 0 amide bonds. The van der Waals surface area contributed by atoms with Crippen LogP contribution in [0.5, 0.6) is 0 Å². The van der Waals surface area contributed by atoms with Crippen molar-refractivity contribution in [2.75, 3.05) is 0 Å². The van der Waals surface area contributed by atoms with E-state index in [1.165, 1.54) is 11.1 Å². The van der Waals surface area contributed by atoms with Crippen molar-refractivity contribution < 1.29 is 9.90 Å². The second-order valence-corrected chi connectivity index (χ2v) is 5.17. The SMILES string of the molecule is Cc1ccc(Br)cc1C1C(C)C1C(=O)O. The van der Waals surface area contributed by atoms with Gasteiger partial charge in [0.1, 0.15) is 0 Å². The normalized spacial score (nSPS) is 28.9. The monoisotopic (exact) mass is 268 g/mol. The molecule has 0 aromatic heterocycles. The fourth-order valence-corrected chi connectivity index (χ4v) is 2.67. The Bertz CT molecular complexity index is 414. The largest absolute Gasteiger partial charge is 0.481 e. The second kappa shape index (κ2) is 3.63. The summed E-state index contributed by atoms with van der Waals surface area (Å²) in [5.41, 5.74) is 2.35. The number of hydrogen-bond donors (Lipinski definition) is 1. The van der Waals surface area contributed by atoms with E-state index in [2.05, 4.69) is 15.9 Å². The number of carboxylic acid groups (broad SMARTS) is 1. The van der Waals surface area contributed by atoms with E-state index < -0.39 is 5.97 Å². The molecule has 0 heterocycles. The van der Waals surface area contributed by atoms with Crippen LogP contribution in [0.4, 0.5) is 0 Å². The van der Waals surface area contributed by atoms with Gasteiger partial charge in [-0.1, -0.05) is 28.9 Å². The highest BCUT2D eigenvalue weighted by Crippen LogP contribution is 2.54. The number of aryl methyl sites for hydroxylation is 1. The molecule has 1 aliphatic rings. The van der Waals surface area contributed by atoms with Crippen LogP contribution in [0.2, 0.25) is 0 Å². The summed E-state index contributed by atoms with van der Waals surface area (Å²) in [5.74, 6) is -0.416. The van der Waals surface area contributed by atoms with Gasteiger partial charge in [-0.25, -0.2) is 0 Å². The Morgan fingerprint density at radius 2 is 2.13 bits per heavy atom. The number of rotatable bonds is 2. The van der Waals surface area contributed by atoms with Gasteiger partial charge in [-0.15, -0.1) is 0 Å². The first kappa shape index (κ1) is 10.7. The molecule has 1 aliphatic carbocycles. The summed E-state index contributed by atoms with van der Waals surface area (Å²) in [4.78, 5) is 10.9. The molecule has 0 aliphatic heterocycles. The third kappa shape index (κ3) is 1.81. The zero-order valence-corrected chi connectivity index (χ0v) is 10.3. The summed E-state index contributed by atoms with van der Waals surface area (Å²) in [6, 6.07) is 6.06. The molecule has 1 fully saturated rings. The van der Waals surface area contributed by atoms with E-state index in [9.17, 15) is 4.79 Å².